The molecule has 0 unspecified atom stereocenters. The summed E-state index contributed by atoms with van der Waals surface area (Å²) < 4.78 is 6.32. The molecule has 0 radical (unpaired) electrons. The van der Waals surface area contributed by atoms with Gasteiger partial charge in [-0.05, 0) is 20.8 Å². The standard InChI is InChI=1S/C22H40O4/c1-15(2)16(23)12-22(26-21(9,10)11,13-17(24)19(3,4)5)14-18(25)20(6,7)8/h15H,12-14H2,1-11H3. The minimum atomic E-state index is -1.10. The van der Waals surface area contributed by atoms with Gasteiger partial charge in [-0.2, -0.15) is 0 Å². The molecule has 0 saturated carbocycles. The lowest BCUT2D eigenvalue weighted by atomic mass is 9.74. The normalized spacial score (nSPS) is 13.8. The first-order chi connectivity index (χ1) is 11.3. The Morgan fingerprint density at radius 2 is 1.04 bits per heavy atom. The Bertz CT molecular complexity index is 494. The summed E-state index contributed by atoms with van der Waals surface area (Å²) in [6.45, 7) is 20.5. The van der Waals surface area contributed by atoms with E-state index in [2.05, 4.69) is 0 Å². The third kappa shape index (κ3) is 8.57. The molecular weight excluding hydrogens is 328 g/mol. The van der Waals surface area contributed by atoms with Gasteiger partial charge in [-0.15, -0.1) is 0 Å². The summed E-state index contributed by atoms with van der Waals surface area (Å²) in [5.41, 5.74) is -2.79. The van der Waals surface area contributed by atoms with Gasteiger partial charge in [-0.25, -0.2) is 0 Å². The van der Waals surface area contributed by atoms with E-state index in [0.717, 1.165) is 0 Å². The molecule has 0 atom stereocenters. The van der Waals surface area contributed by atoms with E-state index in [1.807, 2.05) is 76.2 Å². The van der Waals surface area contributed by atoms with Crippen LogP contribution in [0.3, 0.4) is 0 Å². The van der Waals surface area contributed by atoms with Crippen molar-refractivity contribution in [2.24, 2.45) is 16.7 Å². The lowest BCUT2D eigenvalue weighted by Gasteiger charge is -2.41. The molecule has 0 saturated heterocycles. The Morgan fingerprint density at radius 1 is 0.692 bits per heavy atom. The Hall–Kier alpha value is -1.03. The molecule has 4 nitrogen and oxygen atoms in total. The first kappa shape index (κ1) is 25.0. The number of Topliss-reactive ketones (excluding diaryl/α,β-unsaturated/α-hetero) is 3. The van der Waals surface area contributed by atoms with Crippen LogP contribution in [-0.4, -0.2) is 28.6 Å². The molecular formula is C22H40O4. The fourth-order valence-electron chi connectivity index (χ4n) is 2.58. The Kier molecular flexibility index (Phi) is 8.00. The average Bonchev–Trinajstić information content (AvgIpc) is 2.33. The molecule has 0 rings (SSSR count). The maximum atomic E-state index is 12.8. The summed E-state index contributed by atoms with van der Waals surface area (Å²) in [5.74, 6) is -0.162. The van der Waals surface area contributed by atoms with E-state index < -0.39 is 22.0 Å². The molecule has 0 aromatic rings. The molecule has 0 heterocycles. The van der Waals surface area contributed by atoms with Gasteiger partial charge < -0.3 is 4.74 Å². The van der Waals surface area contributed by atoms with Crippen LogP contribution in [0.1, 0.15) is 95.4 Å². The van der Waals surface area contributed by atoms with Gasteiger partial charge in [0.15, 0.2) is 0 Å². The minimum absolute atomic E-state index is 0.0000142. The van der Waals surface area contributed by atoms with Crippen molar-refractivity contribution in [3.05, 3.63) is 0 Å². The first-order valence-corrected chi connectivity index (χ1v) is 9.59. The van der Waals surface area contributed by atoms with Crippen molar-refractivity contribution in [1.29, 1.82) is 0 Å². The van der Waals surface area contributed by atoms with Crippen molar-refractivity contribution < 1.29 is 19.1 Å². The number of hydrogen-bond acceptors (Lipinski definition) is 4. The van der Waals surface area contributed by atoms with Crippen molar-refractivity contribution in [3.63, 3.8) is 0 Å². The Morgan fingerprint density at radius 3 is 1.27 bits per heavy atom. The van der Waals surface area contributed by atoms with Crippen LogP contribution in [0.15, 0.2) is 0 Å². The number of ether oxygens (including phenoxy) is 1. The monoisotopic (exact) mass is 368 g/mol. The van der Waals surface area contributed by atoms with Crippen molar-refractivity contribution in [2.75, 3.05) is 0 Å². The van der Waals surface area contributed by atoms with Crippen LogP contribution in [-0.2, 0) is 19.1 Å². The summed E-state index contributed by atoms with van der Waals surface area (Å²) in [5, 5.41) is 0. The zero-order valence-corrected chi connectivity index (χ0v) is 18.8. The van der Waals surface area contributed by atoms with Crippen LogP contribution in [0.2, 0.25) is 0 Å². The quantitative estimate of drug-likeness (QED) is 0.593. The Labute approximate surface area is 160 Å². The lowest BCUT2D eigenvalue weighted by molar-refractivity contribution is -0.168. The topological polar surface area (TPSA) is 60.4 Å². The van der Waals surface area contributed by atoms with Crippen LogP contribution >= 0.6 is 0 Å². The van der Waals surface area contributed by atoms with Crippen molar-refractivity contribution in [3.8, 4) is 0 Å². The molecule has 26 heavy (non-hydrogen) atoms. The first-order valence-electron chi connectivity index (χ1n) is 9.59. The molecule has 0 aliphatic carbocycles. The van der Waals surface area contributed by atoms with E-state index in [9.17, 15) is 14.4 Å². The second kappa shape index (κ2) is 8.33. The second-order valence-corrected chi connectivity index (χ2v) is 10.9. The third-order valence-electron chi connectivity index (χ3n) is 4.30. The number of rotatable bonds is 8. The molecule has 0 fully saturated rings. The van der Waals surface area contributed by atoms with E-state index in [-0.39, 0.29) is 42.5 Å². The molecule has 152 valence electrons. The van der Waals surface area contributed by atoms with Crippen LogP contribution in [0.5, 0.6) is 0 Å². The summed E-state index contributed by atoms with van der Waals surface area (Å²) >= 11 is 0. The summed E-state index contributed by atoms with van der Waals surface area (Å²) in [6.07, 6.45) is 0.202. The van der Waals surface area contributed by atoms with E-state index >= 15 is 0 Å². The highest BCUT2D eigenvalue weighted by atomic mass is 16.5. The minimum Gasteiger partial charge on any atom is -0.368 e. The smallest absolute Gasteiger partial charge is 0.141 e. The number of carbonyl (C=O) groups excluding carboxylic acids is 3. The van der Waals surface area contributed by atoms with E-state index in [1.54, 1.807) is 0 Å². The van der Waals surface area contributed by atoms with E-state index in [4.69, 9.17) is 4.74 Å². The van der Waals surface area contributed by atoms with Gasteiger partial charge in [-0.3, -0.25) is 14.4 Å². The zero-order valence-electron chi connectivity index (χ0n) is 18.8. The highest BCUT2D eigenvalue weighted by Crippen LogP contribution is 2.37. The fraction of sp³-hybridized carbons (Fsp3) is 0.864. The highest BCUT2D eigenvalue weighted by Gasteiger charge is 2.44. The van der Waals surface area contributed by atoms with Crippen LogP contribution in [0.4, 0.5) is 0 Å². The van der Waals surface area contributed by atoms with Gasteiger partial charge >= 0.3 is 0 Å². The molecule has 0 aliphatic rings. The summed E-state index contributed by atoms with van der Waals surface area (Å²) in [4.78, 5) is 38.3. The van der Waals surface area contributed by atoms with Crippen molar-refractivity contribution in [1.82, 2.24) is 0 Å². The van der Waals surface area contributed by atoms with E-state index in [0.29, 0.717) is 0 Å². The maximum Gasteiger partial charge on any atom is 0.141 e. The van der Waals surface area contributed by atoms with Crippen LogP contribution < -0.4 is 0 Å². The number of hydrogen-bond donors (Lipinski definition) is 0. The largest absolute Gasteiger partial charge is 0.368 e. The average molecular weight is 369 g/mol. The van der Waals surface area contributed by atoms with Crippen LogP contribution in [0.25, 0.3) is 0 Å². The van der Waals surface area contributed by atoms with Gasteiger partial charge in [0.05, 0.1) is 11.2 Å². The maximum absolute atomic E-state index is 12.8. The van der Waals surface area contributed by atoms with E-state index in [1.165, 1.54) is 0 Å². The highest BCUT2D eigenvalue weighted by molar-refractivity contribution is 5.90. The van der Waals surface area contributed by atoms with Gasteiger partial charge in [-0.1, -0.05) is 55.4 Å². The van der Waals surface area contributed by atoms with Gasteiger partial charge in [0.2, 0.25) is 0 Å². The predicted molar refractivity (Wildman–Crippen MR) is 106 cm³/mol. The molecule has 0 spiro atoms. The molecule has 0 aliphatic heterocycles. The summed E-state index contributed by atoms with van der Waals surface area (Å²) in [6, 6.07) is 0. The second-order valence-electron chi connectivity index (χ2n) is 10.9. The zero-order chi connectivity index (χ0) is 21.1. The molecule has 4 heteroatoms. The van der Waals surface area contributed by atoms with Crippen LogP contribution in [0, 0.1) is 16.7 Å². The molecule has 0 N–H and O–H groups in total. The van der Waals surface area contributed by atoms with Gasteiger partial charge in [0.25, 0.3) is 0 Å². The van der Waals surface area contributed by atoms with Crippen molar-refractivity contribution in [2.45, 2.75) is 107 Å². The van der Waals surface area contributed by atoms with Gasteiger partial charge in [0, 0.05) is 36.0 Å². The molecule has 0 aromatic heterocycles. The van der Waals surface area contributed by atoms with Crippen molar-refractivity contribution >= 4 is 17.3 Å². The molecule has 0 aromatic carbocycles. The van der Waals surface area contributed by atoms with Gasteiger partial charge in [0.1, 0.15) is 17.3 Å². The number of carbonyl (C=O) groups is 3. The molecule has 0 amide bonds. The number of ketones is 3. The summed E-state index contributed by atoms with van der Waals surface area (Å²) in [7, 11) is 0. The third-order valence-corrected chi connectivity index (χ3v) is 4.30. The Balaban J connectivity index is 6.10. The lowest BCUT2D eigenvalue weighted by Crippen LogP contribution is -2.48. The fourth-order valence-corrected chi connectivity index (χ4v) is 2.58. The SMILES string of the molecule is CC(C)C(=O)CC(CC(=O)C(C)(C)C)(CC(=O)C(C)(C)C)OC(C)(C)C. The molecule has 0 bridgehead atoms. The predicted octanol–water partition coefficient (Wildman–Crippen LogP) is 5.17.